The smallest absolute Gasteiger partial charge is 0.358 e. The van der Waals surface area contributed by atoms with Gasteiger partial charge in [0, 0.05) is 13.1 Å². The van der Waals surface area contributed by atoms with Gasteiger partial charge in [-0.2, -0.15) is 5.10 Å². The van der Waals surface area contributed by atoms with E-state index in [2.05, 4.69) is 16.0 Å². The summed E-state index contributed by atoms with van der Waals surface area (Å²) in [6.45, 7) is 0. The van der Waals surface area contributed by atoms with Crippen molar-refractivity contribution in [3.8, 4) is 0 Å². The average Bonchev–Trinajstić information content (AvgIpc) is 2.34. The van der Waals surface area contributed by atoms with Crippen LogP contribution in [0.5, 0.6) is 0 Å². The predicted molar refractivity (Wildman–Crippen MR) is 33.4 cm³/mol. The van der Waals surface area contributed by atoms with Crippen LogP contribution in [0.3, 0.4) is 0 Å². The van der Waals surface area contributed by atoms with Crippen LogP contribution in [0.4, 0.5) is 0 Å². The average molecular weight is 139 g/mol. The largest absolute Gasteiger partial charge is 0.464 e. The molecule has 0 atom stereocenters. The van der Waals surface area contributed by atoms with Gasteiger partial charge in [-0.15, -0.1) is 0 Å². The number of rotatable bonds is 1. The van der Waals surface area contributed by atoms with Crippen molar-refractivity contribution in [1.29, 1.82) is 0 Å². The topological polar surface area (TPSA) is 44.1 Å². The number of aryl methyl sites for hydroxylation is 1. The Hall–Kier alpha value is -1.32. The maximum absolute atomic E-state index is 10.7. The zero-order chi connectivity index (χ0) is 7.56. The molecular formula is C6H7N2O2. The number of hydrogen-bond donors (Lipinski definition) is 0. The van der Waals surface area contributed by atoms with E-state index in [9.17, 15) is 4.79 Å². The fraction of sp³-hybridized carbons (Fsp3) is 0.333. The zero-order valence-electron chi connectivity index (χ0n) is 5.79. The molecule has 4 nitrogen and oxygen atoms in total. The van der Waals surface area contributed by atoms with E-state index in [-0.39, 0.29) is 5.69 Å². The second-order valence-corrected chi connectivity index (χ2v) is 1.77. The van der Waals surface area contributed by atoms with E-state index >= 15 is 0 Å². The molecule has 0 unspecified atom stereocenters. The van der Waals surface area contributed by atoms with Crippen LogP contribution >= 0.6 is 0 Å². The van der Waals surface area contributed by atoms with Gasteiger partial charge >= 0.3 is 5.97 Å². The number of ether oxygens (including phenoxy) is 1. The molecule has 0 aliphatic rings. The van der Waals surface area contributed by atoms with Crippen molar-refractivity contribution in [2.45, 2.75) is 0 Å². The summed E-state index contributed by atoms with van der Waals surface area (Å²) in [5.74, 6) is -0.433. The number of esters is 1. The Labute approximate surface area is 58.4 Å². The van der Waals surface area contributed by atoms with E-state index in [0.717, 1.165) is 0 Å². The first kappa shape index (κ1) is 6.80. The number of methoxy groups -OCH3 is 1. The van der Waals surface area contributed by atoms with Crippen molar-refractivity contribution in [3.63, 3.8) is 0 Å². The molecule has 1 radical (unpaired) electrons. The van der Waals surface area contributed by atoms with Gasteiger partial charge in [0.15, 0.2) is 5.69 Å². The van der Waals surface area contributed by atoms with E-state index in [1.54, 1.807) is 7.05 Å². The summed E-state index contributed by atoms with van der Waals surface area (Å²) in [4.78, 5) is 10.7. The van der Waals surface area contributed by atoms with Crippen LogP contribution in [-0.4, -0.2) is 22.9 Å². The number of nitrogens with zero attached hydrogens (tertiary/aromatic N) is 2. The lowest BCUT2D eigenvalue weighted by molar-refractivity contribution is 0.0593. The van der Waals surface area contributed by atoms with E-state index in [1.807, 2.05) is 0 Å². The van der Waals surface area contributed by atoms with Crippen molar-refractivity contribution in [1.82, 2.24) is 9.78 Å². The van der Waals surface area contributed by atoms with Gasteiger partial charge in [0.1, 0.15) is 0 Å². The molecule has 0 bridgehead atoms. The Morgan fingerprint density at radius 1 is 1.90 bits per heavy atom. The number of hydrogen-bond acceptors (Lipinski definition) is 3. The highest BCUT2D eigenvalue weighted by Crippen LogP contribution is 1.94. The highest BCUT2D eigenvalue weighted by molar-refractivity contribution is 5.86. The molecule has 1 heterocycles. The molecule has 0 amide bonds. The molecule has 0 saturated heterocycles. The summed E-state index contributed by atoms with van der Waals surface area (Å²) in [5, 5.41) is 3.77. The minimum atomic E-state index is -0.433. The lowest BCUT2D eigenvalue weighted by Crippen LogP contribution is -2.02. The van der Waals surface area contributed by atoms with Gasteiger partial charge in [0.2, 0.25) is 0 Å². The van der Waals surface area contributed by atoms with Crippen LogP contribution in [0.2, 0.25) is 0 Å². The van der Waals surface area contributed by atoms with Crippen LogP contribution in [-0.2, 0) is 11.8 Å². The Morgan fingerprint density at radius 2 is 2.60 bits per heavy atom. The van der Waals surface area contributed by atoms with E-state index in [0.29, 0.717) is 0 Å². The van der Waals surface area contributed by atoms with Crippen molar-refractivity contribution in [2.75, 3.05) is 7.11 Å². The fourth-order valence-corrected chi connectivity index (χ4v) is 0.578. The summed E-state index contributed by atoms with van der Waals surface area (Å²) < 4.78 is 5.84. The Kier molecular flexibility index (Phi) is 1.71. The second kappa shape index (κ2) is 2.51. The number of carbonyl (C=O) groups excluding carboxylic acids is 1. The minimum Gasteiger partial charge on any atom is -0.464 e. The summed E-state index contributed by atoms with van der Waals surface area (Å²) >= 11 is 0. The van der Waals surface area contributed by atoms with Gasteiger partial charge in [0.05, 0.1) is 13.3 Å². The normalized spacial score (nSPS) is 9.40. The van der Waals surface area contributed by atoms with E-state index in [4.69, 9.17) is 0 Å². The standard InChI is InChI=1S/C6H7N2O2/c1-8-4-3-5(7-8)6(9)10-2/h3H,1-2H3. The SMILES string of the molecule is COC(=O)c1c[c]n(C)n1. The molecule has 0 saturated carbocycles. The summed E-state index contributed by atoms with van der Waals surface area (Å²) in [6.07, 6.45) is 2.69. The summed E-state index contributed by atoms with van der Waals surface area (Å²) in [7, 11) is 3.00. The van der Waals surface area contributed by atoms with Gasteiger partial charge < -0.3 is 4.74 Å². The molecule has 4 heteroatoms. The summed E-state index contributed by atoms with van der Waals surface area (Å²) in [5.41, 5.74) is 0.282. The van der Waals surface area contributed by atoms with Crippen molar-refractivity contribution >= 4 is 5.97 Å². The first-order valence-electron chi connectivity index (χ1n) is 2.74. The molecular weight excluding hydrogens is 132 g/mol. The molecule has 0 aliphatic carbocycles. The third kappa shape index (κ3) is 1.15. The lowest BCUT2D eigenvalue weighted by atomic mass is 10.4. The van der Waals surface area contributed by atoms with Crippen molar-refractivity contribution < 1.29 is 9.53 Å². The first-order chi connectivity index (χ1) is 4.74. The van der Waals surface area contributed by atoms with Crippen LogP contribution in [0.1, 0.15) is 10.5 Å². The van der Waals surface area contributed by atoms with Gasteiger partial charge in [0.25, 0.3) is 0 Å². The molecule has 1 rings (SSSR count). The maximum atomic E-state index is 10.7. The molecule has 0 aliphatic heterocycles. The van der Waals surface area contributed by atoms with E-state index < -0.39 is 5.97 Å². The molecule has 1 aromatic heterocycles. The van der Waals surface area contributed by atoms with Crippen LogP contribution < -0.4 is 0 Å². The van der Waals surface area contributed by atoms with Crippen LogP contribution in [0.25, 0.3) is 0 Å². The van der Waals surface area contributed by atoms with E-state index in [1.165, 1.54) is 17.9 Å². The predicted octanol–water partition coefficient (Wildman–Crippen LogP) is 0.00689. The van der Waals surface area contributed by atoms with Crippen LogP contribution in [0.15, 0.2) is 6.07 Å². The highest BCUT2D eigenvalue weighted by atomic mass is 16.5. The molecule has 0 fully saturated rings. The first-order valence-corrected chi connectivity index (χ1v) is 2.74. The van der Waals surface area contributed by atoms with Gasteiger partial charge in [-0.1, -0.05) is 0 Å². The van der Waals surface area contributed by atoms with Gasteiger partial charge in [-0.05, 0) is 0 Å². The molecule has 10 heavy (non-hydrogen) atoms. The number of aromatic nitrogens is 2. The fourth-order valence-electron chi connectivity index (χ4n) is 0.578. The third-order valence-corrected chi connectivity index (χ3v) is 1.04. The summed E-state index contributed by atoms with van der Waals surface area (Å²) in [6, 6.07) is 1.48. The highest BCUT2D eigenvalue weighted by Gasteiger charge is 2.06. The van der Waals surface area contributed by atoms with Gasteiger partial charge in [-0.25, -0.2) is 4.79 Å². The van der Waals surface area contributed by atoms with Crippen molar-refractivity contribution in [2.24, 2.45) is 7.05 Å². The molecule has 0 N–H and O–H groups in total. The molecule has 53 valence electrons. The second-order valence-electron chi connectivity index (χ2n) is 1.77. The molecule has 0 aromatic carbocycles. The lowest BCUT2D eigenvalue weighted by Gasteiger charge is -1.90. The maximum Gasteiger partial charge on any atom is 0.358 e. The minimum absolute atomic E-state index is 0.282. The Bertz CT molecular complexity index is 242. The van der Waals surface area contributed by atoms with Crippen LogP contribution in [0, 0.1) is 6.20 Å². The monoisotopic (exact) mass is 139 g/mol. The van der Waals surface area contributed by atoms with Crippen molar-refractivity contribution in [3.05, 3.63) is 18.0 Å². The third-order valence-electron chi connectivity index (χ3n) is 1.04. The molecule has 0 spiro atoms. The Balaban J connectivity index is 2.85. The molecule has 1 aromatic rings. The quantitative estimate of drug-likeness (QED) is 0.514. The Morgan fingerprint density at radius 3 is 3.00 bits per heavy atom. The number of carbonyl (C=O) groups is 1. The zero-order valence-corrected chi connectivity index (χ0v) is 5.79. The van der Waals surface area contributed by atoms with Gasteiger partial charge in [-0.3, -0.25) is 4.68 Å².